The van der Waals surface area contributed by atoms with Crippen LogP contribution in [0.25, 0.3) is 0 Å². The summed E-state index contributed by atoms with van der Waals surface area (Å²) in [5.74, 6) is -1.34. The van der Waals surface area contributed by atoms with Gasteiger partial charge in [-0.2, -0.15) is 0 Å². The zero-order valence-corrected chi connectivity index (χ0v) is 17.2. The molecule has 1 amide bonds. The standard InChI is InChI=1S/C20H27NO9/c1-12(23)28-14-9-17(20(25)27-3)30-18(10-14)29-16-5-4-13(11-22)8-15(16)19(24)21-6-7-26-2/h4-5,8,14,17-18,22H,6-7,9-11H2,1-3H3,(H,21,24). The van der Waals surface area contributed by atoms with E-state index in [4.69, 9.17) is 23.7 Å². The van der Waals surface area contributed by atoms with Crippen molar-refractivity contribution in [2.45, 2.75) is 44.9 Å². The number of rotatable bonds is 9. The Morgan fingerprint density at radius 3 is 2.63 bits per heavy atom. The molecule has 1 heterocycles. The first kappa shape index (κ1) is 23.6. The molecule has 1 aromatic carbocycles. The highest BCUT2D eigenvalue weighted by Gasteiger charge is 2.37. The molecule has 1 aliphatic rings. The van der Waals surface area contributed by atoms with Crippen LogP contribution in [0.5, 0.6) is 5.75 Å². The van der Waals surface area contributed by atoms with Gasteiger partial charge in [-0.15, -0.1) is 0 Å². The van der Waals surface area contributed by atoms with E-state index in [2.05, 4.69) is 5.32 Å². The Bertz CT molecular complexity index is 752. The lowest BCUT2D eigenvalue weighted by atomic mass is 10.0. The summed E-state index contributed by atoms with van der Waals surface area (Å²) >= 11 is 0. The highest BCUT2D eigenvalue weighted by atomic mass is 16.7. The van der Waals surface area contributed by atoms with Gasteiger partial charge >= 0.3 is 11.9 Å². The third kappa shape index (κ3) is 6.68. The molecule has 2 N–H and O–H groups in total. The minimum atomic E-state index is -0.978. The largest absolute Gasteiger partial charge is 0.467 e. The number of aliphatic hydroxyl groups is 1. The van der Waals surface area contributed by atoms with Gasteiger partial charge in [0.2, 0.25) is 6.29 Å². The Labute approximate surface area is 174 Å². The van der Waals surface area contributed by atoms with Gasteiger partial charge in [0.15, 0.2) is 6.10 Å². The molecule has 1 aliphatic heterocycles. The minimum absolute atomic E-state index is 0.139. The van der Waals surface area contributed by atoms with Crippen molar-refractivity contribution in [1.82, 2.24) is 5.32 Å². The number of nitrogens with one attached hydrogen (secondary N) is 1. The number of methoxy groups -OCH3 is 2. The molecule has 1 saturated heterocycles. The maximum absolute atomic E-state index is 12.6. The number of aliphatic hydroxyl groups excluding tert-OH is 1. The summed E-state index contributed by atoms with van der Waals surface area (Å²) in [6.07, 6.45) is -2.24. The van der Waals surface area contributed by atoms with Crippen molar-refractivity contribution < 1.29 is 43.2 Å². The Morgan fingerprint density at radius 2 is 2.00 bits per heavy atom. The quantitative estimate of drug-likeness (QED) is 0.430. The average molecular weight is 425 g/mol. The van der Waals surface area contributed by atoms with Crippen molar-refractivity contribution in [3.05, 3.63) is 29.3 Å². The predicted molar refractivity (Wildman–Crippen MR) is 103 cm³/mol. The summed E-state index contributed by atoms with van der Waals surface area (Å²) in [5.41, 5.74) is 0.708. The van der Waals surface area contributed by atoms with Crippen molar-refractivity contribution in [1.29, 1.82) is 0 Å². The summed E-state index contributed by atoms with van der Waals surface area (Å²) in [7, 11) is 2.75. The highest BCUT2D eigenvalue weighted by molar-refractivity contribution is 5.97. The number of hydrogen-bond acceptors (Lipinski definition) is 9. The predicted octanol–water partition coefficient (Wildman–Crippen LogP) is 0.544. The van der Waals surface area contributed by atoms with E-state index in [1.807, 2.05) is 0 Å². The Balaban J connectivity index is 2.21. The maximum atomic E-state index is 12.6. The topological polar surface area (TPSA) is 130 Å². The first-order valence-corrected chi connectivity index (χ1v) is 9.46. The van der Waals surface area contributed by atoms with Gasteiger partial charge in [0.05, 0.1) is 25.9 Å². The molecular weight excluding hydrogens is 398 g/mol. The fourth-order valence-corrected chi connectivity index (χ4v) is 2.99. The molecule has 2 rings (SSSR count). The van der Waals surface area contributed by atoms with Gasteiger partial charge in [-0.3, -0.25) is 9.59 Å². The van der Waals surface area contributed by atoms with Gasteiger partial charge in [0.1, 0.15) is 11.9 Å². The van der Waals surface area contributed by atoms with Crippen LogP contribution in [0.2, 0.25) is 0 Å². The van der Waals surface area contributed by atoms with Crippen LogP contribution in [0.15, 0.2) is 18.2 Å². The number of carbonyl (C=O) groups is 3. The van der Waals surface area contributed by atoms with Gasteiger partial charge in [0.25, 0.3) is 5.91 Å². The SMILES string of the molecule is COCCNC(=O)c1cc(CO)ccc1OC1CC(OC(C)=O)CC(C(=O)OC)O1. The van der Waals surface area contributed by atoms with E-state index in [-0.39, 0.29) is 37.3 Å². The van der Waals surface area contributed by atoms with E-state index < -0.39 is 36.3 Å². The van der Waals surface area contributed by atoms with E-state index in [0.29, 0.717) is 12.2 Å². The molecule has 0 aromatic heterocycles. The number of benzene rings is 1. The zero-order valence-electron chi connectivity index (χ0n) is 17.2. The molecule has 0 radical (unpaired) electrons. The van der Waals surface area contributed by atoms with Crippen LogP contribution in [-0.2, 0) is 35.1 Å². The highest BCUT2D eigenvalue weighted by Crippen LogP contribution is 2.28. The van der Waals surface area contributed by atoms with Crippen LogP contribution in [0, 0.1) is 0 Å². The van der Waals surface area contributed by atoms with Gasteiger partial charge in [-0.25, -0.2) is 4.79 Å². The second-order valence-electron chi connectivity index (χ2n) is 6.64. The minimum Gasteiger partial charge on any atom is -0.467 e. The Morgan fingerprint density at radius 1 is 1.23 bits per heavy atom. The summed E-state index contributed by atoms with van der Waals surface area (Å²) in [5, 5.41) is 12.1. The molecule has 3 atom stereocenters. The van der Waals surface area contributed by atoms with Crippen molar-refractivity contribution >= 4 is 17.8 Å². The van der Waals surface area contributed by atoms with E-state index >= 15 is 0 Å². The molecule has 1 fully saturated rings. The summed E-state index contributed by atoms with van der Waals surface area (Å²) in [6, 6.07) is 4.63. The molecular formula is C20H27NO9. The lowest BCUT2D eigenvalue weighted by molar-refractivity contribution is -0.204. The maximum Gasteiger partial charge on any atom is 0.335 e. The van der Waals surface area contributed by atoms with Gasteiger partial charge in [-0.05, 0) is 17.7 Å². The molecule has 166 valence electrons. The molecule has 3 unspecified atom stereocenters. The van der Waals surface area contributed by atoms with Gasteiger partial charge in [0, 0.05) is 33.4 Å². The van der Waals surface area contributed by atoms with E-state index in [1.165, 1.54) is 33.3 Å². The molecule has 30 heavy (non-hydrogen) atoms. The van der Waals surface area contributed by atoms with Gasteiger partial charge < -0.3 is 34.1 Å². The average Bonchev–Trinajstić information content (AvgIpc) is 2.72. The molecule has 0 saturated carbocycles. The lowest BCUT2D eigenvalue weighted by Crippen LogP contribution is -2.44. The lowest BCUT2D eigenvalue weighted by Gasteiger charge is -2.33. The number of carbonyl (C=O) groups excluding carboxylic acids is 3. The van der Waals surface area contributed by atoms with E-state index in [1.54, 1.807) is 6.07 Å². The van der Waals surface area contributed by atoms with Crippen LogP contribution < -0.4 is 10.1 Å². The van der Waals surface area contributed by atoms with Crippen molar-refractivity contribution in [2.24, 2.45) is 0 Å². The third-order valence-corrected chi connectivity index (χ3v) is 4.37. The van der Waals surface area contributed by atoms with Crippen LogP contribution in [0.3, 0.4) is 0 Å². The molecule has 0 spiro atoms. The van der Waals surface area contributed by atoms with Gasteiger partial charge in [-0.1, -0.05) is 6.07 Å². The van der Waals surface area contributed by atoms with Crippen LogP contribution in [0.4, 0.5) is 0 Å². The summed E-state index contributed by atoms with van der Waals surface area (Å²) in [4.78, 5) is 35.9. The summed E-state index contributed by atoms with van der Waals surface area (Å²) < 4.78 is 26.4. The normalized spacial score (nSPS) is 20.9. The van der Waals surface area contributed by atoms with Crippen LogP contribution in [-0.4, -0.2) is 68.8 Å². The van der Waals surface area contributed by atoms with Crippen molar-refractivity contribution in [3.8, 4) is 5.75 Å². The van der Waals surface area contributed by atoms with Crippen LogP contribution >= 0.6 is 0 Å². The molecule has 10 nitrogen and oxygen atoms in total. The fraction of sp³-hybridized carbons (Fsp3) is 0.550. The Kier molecular flexibility index (Phi) is 9.03. The third-order valence-electron chi connectivity index (χ3n) is 4.37. The fourth-order valence-electron chi connectivity index (χ4n) is 2.99. The first-order chi connectivity index (χ1) is 14.4. The molecule has 0 bridgehead atoms. The number of ether oxygens (including phenoxy) is 5. The molecule has 1 aromatic rings. The van der Waals surface area contributed by atoms with Crippen molar-refractivity contribution in [2.75, 3.05) is 27.4 Å². The van der Waals surface area contributed by atoms with E-state index in [0.717, 1.165) is 0 Å². The second-order valence-corrected chi connectivity index (χ2v) is 6.64. The number of hydrogen-bond donors (Lipinski definition) is 2. The number of amides is 1. The molecule has 0 aliphatic carbocycles. The second kappa shape index (κ2) is 11.5. The monoisotopic (exact) mass is 425 g/mol. The number of esters is 2. The Hall–Kier alpha value is -2.69. The van der Waals surface area contributed by atoms with E-state index in [9.17, 15) is 19.5 Å². The van der Waals surface area contributed by atoms with Crippen LogP contribution in [0.1, 0.15) is 35.7 Å². The zero-order chi connectivity index (χ0) is 22.1. The molecule has 10 heteroatoms. The first-order valence-electron chi connectivity index (χ1n) is 9.46. The van der Waals surface area contributed by atoms with Crippen molar-refractivity contribution in [3.63, 3.8) is 0 Å². The summed E-state index contributed by atoms with van der Waals surface area (Å²) in [6.45, 7) is 1.64. The smallest absolute Gasteiger partial charge is 0.335 e.